The van der Waals surface area contributed by atoms with E-state index in [9.17, 15) is 4.79 Å². The van der Waals surface area contributed by atoms with Gasteiger partial charge < -0.3 is 11.1 Å². The van der Waals surface area contributed by atoms with Gasteiger partial charge in [0, 0.05) is 12.3 Å². The maximum absolute atomic E-state index is 11.9. The molecule has 0 aliphatic heterocycles. The fourth-order valence-corrected chi connectivity index (χ4v) is 2.43. The first-order chi connectivity index (χ1) is 9.15. The number of hydrogen-bond donors (Lipinski definition) is 3. The molecular formula is C14H19N3OS. The van der Waals surface area contributed by atoms with Crippen molar-refractivity contribution < 1.29 is 4.79 Å². The number of carbonyl (C=O) groups excluding carboxylic acids is 1. The molecule has 1 saturated carbocycles. The van der Waals surface area contributed by atoms with Crippen LogP contribution < -0.4 is 11.1 Å². The number of thioether (sulfide) groups is 1. The summed E-state index contributed by atoms with van der Waals surface area (Å²) in [5.74, 6) is 1.42. The first-order valence-corrected chi connectivity index (χ1v) is 7.44. The van der Waals surface area contributed by atoms with Crippen LogP contribution in [0.15, 0.2) is 24.3 Å². The van der Waals surface area contributed by atoms with Gasteiger partial charge in [0.1, 0.15) is 0 Å². The molecule has 2 rings (SSSR count). The predicted molar refractivity (Wildman–Crippen MR) is 79.1 cm³/mol. The van der Waals surface area contributed by atoms with E-state index in [0.717, 1.165) is 17.7 Å². The van der Waals surface area contributed by atoms with Crippen molar-refractivity contribution in [2.45, 2.75) is 25.0 Å². The zero-order valence-electron chi connectivity index (χ0n) is 10.8. The highest BCUT2D eigenvalue weighted by atomic mass is 32.2. The van der Waals surface area contributed by atoms with E-state index in [1.54, 1.807) is 0 Å². The number of nitrogens with two attached hydrogens (primary N) is 1. The highest BCUT2D eigenvalue weighted by Gasteiger charge is 2.21. The Kier molecular flexibility index (Phi) is 4.85. The lowest BCUT2D eigenvalue weighted by Gasteiger charge is -2.09. The molecule has 0 radical (unpaired) electrons. The Morgan fingerprint density at radius 1 is 1.37 bits per heavy atom. The summed E-state index contributed by atoms with van der Waals surface area (Å²) >= 11 is 1.28. The van der Waals surface area contributed by atoms with Crippen LogP contribution in [0, 0.1) is 11.3 Å². The molecule has 0 saturated heterocycles. The average molecular weight is 277 g/mol. The largest absolute Gasteiger partial charge is 0.379 e. The Morgan fingerprint density at radius 3 is 2.68 bits per heavy atom. The third-order valence-corrected chi connectivity index (χ3v) is 3.90. The number of amidine groups is 1. The fraction of sp³-hybridized carbons (Fsp3) is 0.429. The second-order valence-corrected chi connectivity index (χ2v) is 5.86. The molecule has 5 heteroatoms. The molecule has 0 aromatic heterocycles. The lowest BCUT2D eigenvalue weighted by molar-refractivity contribution is -0.120. The van der Waals surface area contributed by atoms with Gasteiger partial charge in [-0.1, -0.05) is 36.0 Å². The zero-order chi connectivity index (χ0) is 13.7. The summed E-state index contributed by atoms with van der Waals surface area (Å²) in [6, 6.07) is 7.83. The van der Waals surface area contributed by atoms with Crippen molar-refractivity contribution in [1.82, 2.24) is 5.32 Å². The molecule has 1 aromatic carbocycles. The fourth-order valence-electron chi connectivity index (χ4n) is 1.84. The van der Waals surface area contributed by atoms with Crippen molar-refractivity contribution in [3.05, 3.63) is 35.4 Å². The quantitative estimate of drug-likeness (QED) is 0.549. The van der Waals surface area contributed by atoms with Crippen LogP contribution in [0.2, 0.25) is 0 Å². The zero-order valence-corrected chi connectivity index (χ0v) is 11.6. The van der Waals surface area contributed by atoms with E-state index in [4.69, 9.17) is 11.1 Å². The lowest BCUT2D eigenvalue weighted by Crippen LogP contribution is -2.27. The summed E-state index contributed by atoms with van der Waals surface area (Å²) in [6.07, 6.45) is 2.89. The van der Waals surface area contributed by atoms with Gasteiger partial charge in [0.25, 0.3) is 0 Å². The maximum atomic E-state index is 11.9. The molecule has 0 unspecified atom stereocenters. The van der Waals surface area contributed by atoms with Gasteiger partial charge in [-0.15, -0.1) is 0 Å². The van der Waals surface area contributed by atoms with E-state index in [1.807, 2.05) is 24.3 Å². The van der Waals surface area contributed by atoms with Crippen LogP contribution in [0.5, 0.6) is 0 Å². The summed E-state index contributed by atoms with van der Waals surface area (Å²) in [6.45, 7) is 0.809. The normalized spacial score (nSPS) is 14.1. The SMILES string of the molecule is N=C(N)SCc1ccccc1CC(=O)NCC1CC1. The predicted octanol–water partition coefficient (Wildman–Crippen LogP) is 1.88. The van der Waals surface area contributed by atoms with Crippen molar-refractivity contribution in [2.75, 3.05) is 6.54 Å². The van der Waals surface area contributed by atoms with Crippen LogP contribution in [0.4, 0.5) is 0 Å². The van der Waals surface area contributed by atoms with Gasteiger partial charge in [-0.25, -0.2) is 0 Å². The Hall–Kier alpha value is -1.49. The topological polar surface area (TPSA) is 79.0 Å². The van der Waals surface area contributed by atoms with Crippen molar-refractivity contribution in [3.63, 3.8) is 0 Å². The van der Waals surface area contributed by atoms with Crippen molar-refractivity contribution in [3.8, 4) is 0 Å². The number of benzene rings is 1. The number of nitrogens with one attached hydrogen (secondary N) is 2. The highest BCUT2D eigenvalue weighted by Crippen LogP contribution is 2.27. The minimum atomic E-state index is 0.0761. The van der Waals surface area contributed by atoms with E-state index in [2.05, 4.69) is 5.32 Å². The van der Waals surface area contributed by atoms with Gasteiger partial charge in [-0.3, -0.25) is 10.2 Å². The van der Waals surface area contributed by atoms with Crippen molar-refractivity contribution >= 4 is 22.8 Å². The van der Waals surface area contributed by atoms with Gasteiger partial charge in [0.05, 0.1) is 6.42 Å². The minimum Gasteiger partial charge on any atom is -0.379 e. The van der Waals surface area contributed by atoms with Gasteiger partial charge in [-0.05, 0) is 29.9 Å². The first-order valence-electron chi connectivity index (χ1n) is 6.45. The lowest BCUT2D eigenvalue weighted by atomic mass is 10.1. The van der Waals surface area contributed by atoms with Gasteiger partial charge in [0.15, 0.2) is 5.17 Å². The number of hydrogen-bond acceptors (Lipinski definition) is 3. The van der Waals surface area contributed by atoms with Crippen molar-refractivity contribution in [1.29, 1.82) is 5.41 Å². The molecule has 1 aliphatic rings. The summed E-state index contributed by atoms with van der Waals surface area (Å²) in [7, 11) is 0. The van der Waals surface area contributed by atoms with Gasteiger partial charge in [0.2, 0.25) is 5.91 Å². The Bertz CT molecular complexity index is 472. The smallest absolute Gasteiger partial charge is 0.224 e. The number of amides is 1. The second kappa shape index (κ2) is 6.61. The highest BCUT2D eigenvalue weighted by molar-refractivity contribution is 8.13. The summed E-state index contributed by atoms with van der Waals surface area (Å²) in [5, 5.41) is 10.3. The standard InChI is InChI=1S/C14H19N3OS/c15-14(16)19-9-12-4-2-1-3-11(12)7-13(18)17-8-10-5-6-10/h1-4,10H,5-9H2,(H3,15,16)(H,17,18). The van der Waals surface area contributed by atoms with Crippen LogP contribution in [-0.4, -0.2) is 17.6 Å². The molecule has 102 valence electrons. The maximum Gasteiger partial charge on any atom is 0.224 e. The molecule has 1 aromatic rings. The van der Waals surface area contributed by atoms with E-state index in [-0.39, 0.29) is 11.1 Å². The molecule has 0 heterocycles. The third kappa shape index (κ3) is 4.95. The average Bonchev–Trinajstić information content (AvgIpc) is 3.19. The molecule has 0 atom stereocenters. The molecule has 4 N–H and O–H groups in total. The Morgan fingerprint density at radius 2 is 2.05 bits per heavy atom. The molecule has 0 spiro atoms. The van der Waals surface area contributed by atoms with Crippen LogP contribution in [0.1, 0.15) is 24.0 Å². The van der Waals surface area contributed by atoms with Crippen LogP contribution in [0.3, 0.4) is 0 Å². The molecule has 1 fully saturated rings. The molecule has 19 heavy (non-hydrogen) atoms. The van der Waals surface area contributed by atoms with E-state index in [1.165, 1.54) is 24.6 Å². The third-order valence-electron chi connectivity index (χ3n) is 3.14. The second-order valence-electron chi connectivity index (χ2n) is 4.85. The first kappa shape index (κ1) is 13.9. The monoisotopic (exact) mass is 277 g/mol. The van der Waals surface area contributed by atoms with Crippen LogP contribution >= 0.6 is 11.8 Å². The Labute approximate surface area is 117 Å². The van der Waals surface area contributed by atoms with E-state index >= 15 is 0 Å². The van der Waals surface area contributed by atoms with Crippen molar-refractivity contribution in [2.24, 2.45) is 11.7 Å². The summed E-state index contributed by atoms with van der Waals surface area (Å²) in [5.41, 5.74) is 7.44. The molecule has 0 bridgehead atoms. The minimum absolute atomic E-state index is 0.0761. The molecule has 1 aliphatic carbocycles. The van der Waals surface area contributed by atoms with E-state index in [0.29, 0.717) is 18.1 Å². The number of rotatable bonds is 6. The van der Waals surface area contributed by atoms with Gasteiger partial charge >= 0.3 is 0 Å². The summed E-state index contributed by atoms with van der Waals surface area (Å²) < 4.78 is 0. The van der Waals surface area contributed by atoms with Crippen LogP contribution in [0.25, 0.3) is 0 Å². The summed E-state index contributed by atoms with van der Waals surface area (Å²) in [4.78, 5) is 11.9. The molecular weight excluding hydrogens is 258 g/mol. The number of carbonyl (C=O) groups is 1. The molecule has 4 nitrogen and oxygen atoms in total. The molecule has 1 amide bonds. The van der Waals surface area contributed by atoms with E-state index < -0.39 is 0 Å². The van der Waals surface area contributed by atoms with Gasteiger partial charge in [-0.2, -0.15) is 0 Å². The Balaban J connectivity index is 1.89. The van der Waals surface area contributed by atoms with Crippen LogP contribution in [-0.2, 0) is 17.0 Å².